The van der Waals surface area contributed by atoms with Crippen molar-refractivity contribution in [1.82, 2.24) is 9.80 Å². The van der Waals surface area contributed by atoms with Gasteiger partial charge in [-0.2, -0.15) is 0 Å². The van der Waals surface area contributed by atoms with Crippen LogP contribution in [0.1, 0.15) is 33.6 Å². The first-order valence-corrected chi connectivity index (χ1v) is 6.81. The van der Waals surface area contributed by atoms with Crippen LogP contribution < -0.4 is 0 Å². The Morgan fingerprint density at radius 3 is 2.74 bits per heavy atom. The fourth-order valence-corrected chi connectivity index (χ4v) is 3.29. The van der Waals surface area contributed by atoms with E-state index in [-0.39, 0.29) is 30.3 Å². The normalized spacial score (nSPS) is 33.2. The number of ether oxygens (including phenoxy) is 2. The Hall–Kier alpha value is -1.46. The van der Waals surface area contributed by atoms with E-state index >= 15 is 0 Å². The summed E-state index contributed by atoms with van der Waals surface area (Å²) in [6.07, 6.45) is 1.34. The second kappa shape index (κ2) is 4.02. The van der Waals surface area contributed by atoms with Crippen LogP contribution in [0, 0.1) is 0 Å². The van der Waals surface area contributed by atoms with Gasteiger partial charge in [0.05, 0.1) is 18.1 Å². The van der Waals surface area contributed by atoms with E-state index in [2.05, 4.69) is 0 Å². The second-order valence-corrected chi connectivity index (χ2v) is 6.48. The molecular formula is C13H20N2O4. The zero-order valence-electron chi connectivity index (χ0n) is 11.6. The molecule has 3 saturated heterocycles. The largest absolute Gasteiger partial charge is 0.447 e. The molecule has 0 unspecified atom stereocenters. The van der Waals surface area contributed by atoms with Crippen LogP contribution in [0.3, 0.4) is 0 Å². The number of hydrogen-bond acceptors (Lipinski definition) is 4. The summed E-state index contributed by atoms with van der Waals surface area (Å²) in [4.78, 5) is 27.5. The molecule has 0 spiro atoms. The van der Waals surface area contributed by atoms with Gasteiger partial charge in [0, 0.05) is 6.54 Å². The summed E-state index contributed by atoms with van der Waals surface area (Å²) in [5.41, 5.74) is -0.490. The van der Waals surface area contributed by atoms with Gasteiger partial charge in [0.15, 0.2) is 0 Å². The van der Waals surface area contributed by atoms with Crippen LogP contribution in [0.5, 0.6) is 0 Å². The van der Waals surface area contributed by atoms with Crippen molar-refractivity contribution in [2.45, 2.75) is 57.3 Å². The first-order chi connectivity index (χ1) is 8.87. The van der Waals surface area contributed by atoms with E-state index in [4.69, 9.17) is 9.47 Å². The Morgan fingerprint density at radius 1 is 1.32 bits per heavy atom. The van der Waals surface area contributed by atoms with E-state index in [1.54, 1.807) is 4.90 Å². The van der Waals surface area contributed by atoms with Crippen molar-refractivity contribution in [2.75, 3.05) is 13.2 Å². The van der Waals surface area contributed by atoms with Crippen LogP contribution in [0.2, 0.25) is 0 Å². The number of piperazine rings is 1. The predicted octanol–water partition coefficient (Wildman–Crippen LogP) is 1.59. The Labute approximate surface area is 112 Å². The molecule has 0 aromatic heterocycles. The zero-order chi connectivity index (χ0) is 13.8. The van der Waals surface area contributed by atoms with Crippen molar-refractivity contribution in [3.8, 4) is 0 Å². The Kier molecular flexibility index (Phi) is 2.66. The van der Waals surface area contributed by atoms with E-state index < -0.39 is 5.60 Å². The maximum atomic E-state index is 12.3. The number of fused-ring (bicyclic) bond motifs is 4. The first kappa shape index (κ1) is 12.6. The van der Waals surface area contributed by atoms with Gasteiger partial charge in [-0.15, -0.1) is 0 Å². The fourth-order valence-electron chi connectivity index (χ4n) is 3.29. The van der Waals surface area contributed by atoms with Crippen LogP contribution >= 0.6 is 0 Å². The molecule has 2 bridgehead atoms. The highest BCUT2D eigenvalue weighted by atomic mass is 16.6. The third-order valence-electron chi connectivity index (χ3n) is 4.01. The molecule has 6 heteroatoms. The van der Waals surface area contributed by atoms with Crippen molar-refractivity contribution in [2.24, 2.45) is 0 Å². The topological polar surface area (TPSA) is 59.1 Å². The molecular weight excluding hydrogens is 248 g/mol. The maximum absolute atomic E-state index is 12.3. The number of amides is 2. The van der Waals surface area contributed by atoms with Crippen molar-refractivity contribution in [3.63, 3.8) is 0 Å². The number of rotatable bonds is 0. The van der Waals surface area contributed by atoms with Gasteiger partial charge in [0.25, 0.3) is 0 Å². The molecule has 3 aliphatic heterocycles. The lowest BCUT2D eigenvalue weighted by Gasteiger charge is -2.42. The third-order valence-corrected chi connectivity index (χ3v) is 4.01. The molecule has 3 aliphatic rings. The molecule has 106 valence electrons. The van der Waals surface area contributed by atoms with Gasteiger partial charge in [-0.1, -0.05) is 0 Å². The Morgan fingerprint density at radius 2 is 2.05 bits per heavy atom. The average Bonchev–Trinajstić information content (AvgIpc) is 2.79. The van der Waals surface area contributed by atoms with E-state index in [1.165, 1.54) is 0 Å². The number of carbonyl (C=O) groups is 2. The highest BCUT2D eigenvalue weighted by Gasteiger charge is 2.53. The molecule has 0 aromatic rings. The minimum atomic E-state index is -0.490. The standard InChI is InChI=1S/C13H20N2O4/c1-13(2,3)19-12(17)15-8-4-5-9(15)10-7-18-11(16)14(10)6-8/h8-10H,4-7H2,1-3H3/t8-,9+,10-/m1/s1. The van der Waals surface area contributed by atoms with Gasteiger partial charge in [-0.3, -0.25) is 9.80 Å². The van der Waals surface area contributed by atoms with Crippen LogP contribution in [0.25, 0.3) is 0 Å². The summed E-state index contributed by atoms with van der Waals surface area (Å²) >= 11 is 0. The monoisotopic (exact) mass is 268 g/mol. The first-order valence-electron chi connectivity index (χ1n) is 6.81. The lowest BCUT2D eigenvalue weighted by atomic mass is 10.1. The molecule has 2 amide bonds. The Balaban J connectivity index is 1.78. The van der Waals surface area contributed by atoms with Gasteiger partial charge < -0.3 is 9.47 Å². The summed E-state index contributed by atoms with van der Waals surface area (Å²) in [5.74, 6) is 0. The van der Waals surface area contributed by atoms with Gasteiger partial charge in [0.2, 0.25) is 0 Å². The van der Waals surface area contributed by atoms with E-state index in [0.29, 0.717) is 13.2 Å². The quantitative estimate of drug-likeness (QED) is 0.669. The second-order valence-electron chi connectivity index (χ2n) is 6.48. The van der Waals surface area contributed by atoms with Crippen molar-refractivity contribution in [3.05, 3.63) is 0 Å². The molecule has 0 aromatic carbocycles. The van der Waals surface area contributed by atoms with Crippen LogP contribution in [0.4, 0.5) is 9.59 Å². The van der Waals surface area contributed by atoms with Gasteiger partial charge in [-0.25, -0.2) is 9.59 Å². The summed E-state index contributed by atoms with van der Waals surface area (Å²) in [6, 6.07) is 0.112. The molecule has 0 aliphatic carbocycles. The highest BCUT2D eigenvalue weighted by Crippen LogP contribution is 2.37. The van der Waals surface area contributed by atoms with Crippen molar-refractivity contribution >= 4 is 12.2 Å². The van der Waals surface area contributed by atoms with E-state index in [9.17, 15) is 9.59 Å². The molecule has 3 fully saturated rings. The van der Waals surface area contributed by atoms with Crippen molar-refractivity contribution in [1.29, 1.82) is 0 Å². The van der Waals surface area contributed by atoms with Crippen LogP contribution in [0.15, 0.2) is 0 Å². The number of carbonyl (C=O) groups excluding carboxylic acids is 2. The number of cyclic esters (lactones) is 1. The lowest BCUT2D eigenvalue weighted by molar-refractivity contribution is -0.00760. The SMILES string of the molecule is CC(C)(C)OC(=O)N1[C@@H]2CC[C@H]1[C@H]1COC(=O)N1C2. The van der Waals surface area contributed by atoms with Gasteiger partial charge >= 0.3 is 12.2 Å². The van der Waals surface area contributed by atoms with Crippen LogP contribution in [-0.2, 0) is 9.47 Å². The molecule has 3 atom stereocenters. The smallest absolute Gasteiger partial charge is 0.410 e. The summed E-state index contributed by atoms with van der Waals surface area (Å²) in [7, 11) is 0. The molecule has 6 nitrogen and oxygen atoms in total. The Bertz CT molecular complexity index is 417. The molecule has 3 heterocycles. The fraction of sp³-hybridized carbons (Fsp3) is 0.846. The minimum Gasteiger partial charge on any atom is -0.447 e. The summed E-state index contributed by atoms with van der Waals surface area (Å²) in [6.45, 7) is 6.55. The third kappa shape index (κ3) is 2.03. The molecule has 3 rings (SSSR count). The molecule has 0 saturated carbocycles. The average molecular weight is 268 g/mol. The van der Waals surface area contributed by atoms with E-state index in [0.717, 1.165) is 12.8 Å². The van der Waals surface area contributed by atoms with Gasteiger partial charge in [-0.05, 0) is 33.6 Å². The van der Waals surface area contributed by atoms with E-state index in [1.807, 2.05) is 25.7 Å². The maximum Gasteiger partial charge on any atom is 0.410 e. The lowest BCUT2D eigenvalue weighted by Crippen LogP contribution is -2.61. The highest BCUT2D eigenvalue weighted by molar-refractivity contribution is 5.74. The predicted molar refractivity (Wildman–Crippen MR) is 66.7 cm³/mol. The summed E-state index contributed by atoms with van der Waals surface area (Å²) in [5, 5.41) is 0. The van der Waals surface area contributed by atoms with Gasteiger partial charge in [0.1, 0.15) is 12.2 Å². The molecule has 0 radical (unpaired) electrons. The van der Waals surface area contributed by atoms with Crippen LogP contribution in [-0.4, -0.2) is 58.9 Å². The number of hydrogen-bond donors (Lipinski definition) is 0. The summed E-state index contributed by atoms with van der Waals surface area (Å²) < 4.78 is 10.6. The zero-order valence-corrected chi connectivity index (χ0v) is 11.6. The number of nitrogens with zero attached hydrogens (tertiary/aromatic N) is 2. The molecule has 0 N–H and O–H groups in total. The molecule has 19 heavy (non-hydrogen) atoms. The van der Waals surface area contributed by atoms with Crippen molar-refractivity contribution < 1.29 is 19.1 Å². The minimum absolute atomic E-state index is 0.00114.